The molecule has 1 aromatic heterocycles. The monoisotopic (exact) mass is 232 g/mol. The second-order valence-corrected chi connectivity index (χ2v) is 3.72. The van der Waals surface area contributed by atoms with Crippen molar-refractivity contribution < 1.29 is 9.53 Å². The summed E-state index contributed by atoms with van der Waals surface area (Å²) in [5.74, 6) is -0.539. The summed E-state index contributed by atoms with van der Waals surface area (Å²) in [4.78, 5) is 23.3. The van der Waals surface area contributed by atoms with E-state index in [-0.39, 0.29) is 11.1 Å². The normalized spacial score (nSPS) is 10.5. The first-order valence-corrected chi connectivity index (χ1v) is 5.02. The molecule has 0 aliphatic heterocycles. The zero-order chi connectivity index (χ0) is 12.6. The molecule has 2 N–H and O–H groups in total. The molecule has 0 atom stereocenters. The molecule has 2 rings (SSSR count). The number of nitrogen functional groups attached to an aromatic ring is 1. The van der Waals surface area contributed by atoms with Crippen LogP contribution < -0.4 is 11.2 Å². The van der Waals surface area contributed by atoms with Gasteiger partial charge in [-0.15, -0.1) is 0 Å². The SMILES string of the molecule is COC(=O)c1cc(=O)c2cc(N)ccc2n1C. The van der Waals surface area contributed by atoms with Crippen LogP contribution in [0.5, 0.6) is 0 Å². The van der Waals surface area contributed by atoms with Crippen LogP contribution in [0, 0.1) is 0 Å². The van der Waals surface area contributed by atoms with Gasteiger partial charge in [0.05, 0.1) is 12.6 Å². The third-order valence-corrected chi connectivity index (χ3v) is 2.67. The molecule has 1 aromatic carbocycles. The van der Waals surface area contributed by atoms with Gasteiger partial charge in [-0.2, -0.15) is 0 Å². The number of rotatable bonds is 1. The standard InChI is InChI=1S/C12H12N2O3/c1-14-9-4-3-7(13)5-8(9)11(15)6-10(14)12(16)17-2/h3-6H,13H2,1-2H3. The van der Waals surface area contributed by atoms with E-state index in [2.05, 4.69) is 4.74 Å². The number of pyridine rings is 1. The van der Waals surface area contributed by atoms with Crippen molar-refractivity contribution in [3.63, 3.8) is 0 Å². The Bertz CT molecular complexity index is 659. The molecule has 17 heavy (non-hydrogen) atoms. The number of benzene rings is 1. The fraction of sp³-hybridized carbons (Fsp3) is 0.167. The number of carbonyl (C=O) groups excluding carboxylic acids is 1. The molecule has 0 radical (unpaired) electrons. The molecule has 88 valence electrons. The van der Waals surface area contributed by atoms with Gasteiger partial charge in [0.25, 0.3) is 0 Å². The van der Waals surface area contributed by atoms with E-state index >= 15 is 0 Å². The number of nitrogens with two attached hydrogens (primary N) is 1. The molecule has 0 unspecified atom stereocenters. The predicted octanol–water partition coefficient (Wildman–Crippen LogP) is 0.907. The average molecular weight is 232 g/mol. The van der Waals surface area contributed by atoms with E-state index in [1.807, 2.05) is 0 Å². The molecule has 5 nitrogen and oxygen atoms in total. The van der Waals surface area contributed by atoms with Crippen LogP contribution in [-0.2, 0) is 11.8 Å². The van der Waals surface area contributed by atoms with Crippen molar-refractivity contribution in [2.24, 2.45) is 7.05 Å². The maximum atomic E-state index is 11.8. The maximum absolute atomic E-state index is 11.8. The third kappa shape index (κ3) is 1.75. The molecule has 2 aromatic rings. The number of aromatic nitrogens is 1. The summed E-state index contributed by atoms with van der Waals surface area (Å²) in [5.41, 5.74) is 6.76. The minimum absolute atomic E-state index is 0.217. The summed E-state index contributed by atoms with van der Waals surface area (Å²) in [6.45, 7) is 0. The van der Waals surface area contributed by atoms with Crippen LogP contribution in [0.2, 0.25) is 0 Å². The molecule has 0 saturated carbocycles. The van der Waals surface area contributed by atoms with Gasteiger partial charge in [-0.25, -0.2) is 4.79 Å². The van der Waals surface area contributed by atoms with Gasteiger partial charge in [-0.05, 0) is 18.2 Å². The Balaban J connectivity index is 2.86. The summed E-state index contributed by atoms with van der Waals surface area (Å²) in [5, 5.41) is 0.486. The lowest BCUT2D eigenvalue weighted by molar-refractivity contribution is 0.0589. The van der Waals surface area contributed by atoms with Gasteiger partial charge in [0.1, 0.15) is 5.69 Å². The molecule has 0 spiro atoms. The number of methoxy groups -OCH3 is 1. The Hall–Kier alpha value is -2.30. The number of nitrogens with zero attached hydrogens (tertiary/aromatic N) is 1. The summed E-state index contributed by atoms with van der Waals surface area (Å²) in [6, 6.07) is 6.24. The quantitative estimate of drug-likeness (QED) is 0.585. The number of aryl methyl sites for hydroxylation is 1. The van der Waals surface area contributed by atoms with Crippen LogP contribution in [0.4, 0.5) is 5.69 Å². The van der Waals surface area contributed by atoms with E-state index in [4.69, 9.17) is 5.73 Å². The first kappa shape index (κ1) is 11.2. The molecule has 0 amide bonds. The van der Waals surface area contributed by atoms with Crippen molar-refractivity contribution >= 4 is 22.6 Å². The van der Waals surface area contributed by atoms with Crippen molar-refractivity contribution in [2.45, 2.75) is 0 Å². The van der Waals surface area contributed by atoms with Crippen LogP contribution in [0.1, 0.15) is 10.5 Å². The number of carbonyl (C=O) groups is 1. The molecule has 0 aliphatic rings. The van der Waals surface area contributed by atoms with Crippen LogP contribution >= 0.6 is 0 Å². The lowest BCUT2D eigenvalue weighted by Crippen LogP contribution is -2.17. The van der Waals surface area contributed by atoms with Crippen LogP contribution in [0.3, 0.4) is 0 Å². The highest BCUT2D eigenvalue weighted by Gasteiger charge is 2.13. The van der Waals surface area contributed by atoms with E-state index < -0.39 is 5.97 Å². The molecule has 0 aliphatic carbocycles. The maximum Gasteiger partial charge on any atom is 0.354 e. The van der Waals surface area contributed by atoms with E-state index in [1.165, 1.54) is 13.2 Å². The molecule has 0 bridgehead atoms. The summed E-state index contributed by atoms with van der Waals surface area (Å²) >= 11 is 0. The van der Waals surface area contributed by atoms with Crippen LogP contribution in [-0.4, -0.2) is 17.6 Å². The van der Waals surface area contributed by atoms with Crippen molar-refractivity contribution in [1.82, 2.24) is 4.57 Å². The van der Waals surface area contributed by atoms with E-state index in [9.17, 15) is 9.59 Å². The average Bonchev–Trinajstić information content (AvgIpc) is 2.32. The van der Waals surface area contributed by atoms with Gasteiger partial charge in [-0.1, -0.05) is 0 Å². The Kier molecular flexibility index (Phi) is 2.59. The highest BCUT2D eigenvalue weighted by molar-refractivity contribution is 5.92. The third-order valence-electron chi connectivity index (χ3n) is 2.67. The van der Waals surface area contributed by atoms with Gasteiger partial charge in [0.15, 0.2) is 5.43 Å². The zero-order valence-corrected chi connectivity index (χ0v) is 9.56. The topological polar surface area (TPSA) is 74.3 Å². The lowest BCUT2D eigenvalue weighted by Gasteiger charge is -2.10. The van der Waals surface area contributed by atoms with Crippen molar-refractivity contribution in [3.8, 4) is 0 Å². The smallest absolute Gasteiger partial charge is 0.354 e. The highest BCUT2D eigenvalue weighted by atomic mass is 16.5. The predicted molar refractivity (Wildman–Crippen MR) is 64.9 cm³/mol. The fourth-order valence-electron chi connectivity index (χ4n) is 1.77. The second kappa shape index (κ2) is 3.93. The lowest BCUT2D eigenvalue weighted by atomic mass is 10.1. The van der Waals surface area contributed by atoms with Gasteiger partial charge in [0.2, 0.25) is 0 Å². The first-order valence-electron chi connectivity index (χ1n) is 5.02. The number of fused-ring (bicyclic) bond motifs is 1. The molecular formula is C12H12N2O3. The van der Waals surface area contributed by atoms with E-state index in [0.717, 1.165) is 0 Å². The molecular weight excluding hydrogens is 220 g/mol. The van der Waals surface area contributed by atoms with Gasteiger partial charge >= 0.3 is 5.97 Å². The molecule has 0 saturated heterocycles. The van der Waals surface area contributed by atoms with Gasteiger partial charge in [-0.3, -0.25) is 4.79 Å². The zero-order valence-electron chi connectivity index (χ0n) is 9.56. The minimum atomic E-state index is -0.539. The number of ether oxygens (including phenoxy) is 1. The largest absolute Gasteiger partial charge is 0.464 e. The van der Waals surface area contributed by atoms with Crippen molar-refractivity contribution in [1.29, 1.82) is 0 Å². The summed E-state index contributed by atoms with van der Waals surface area (Å²) in [6.07, 6.45) is 0. The van der Waals surface area contributed by atoms with E-state index in [0.29, 0.717) is 16.6 Å². The number of hydrogen-bond donors (Lipinski definition) is 1. The second-order valence-electron chi connectivity index (χ2n) is 3.72. The Morgan fingerprint density at radius 2 is 2.06 bits per heavy atom. The Morgan fingerprint density at radius 3 is 2.71 bits per heavy atom. The first-order chi connectivity index (χ1) is 8.04. The van der Waals surface area contributed by atoms with E-state index in [1.54, 1.807) is 29.8 Å². The van der Waals surface area contributed by atoms with Gasteiger partial charge in [0, 0.05) is 24.2 Å². The number of hydrogen-bond acceptors (Lipinski definition) is 4. The van der Waals surface area contributed by atoms with Gasteiger partial charge < -0.3 is 15.0 Å². The highest BCUT2D eigenvalue weighted by Crippen LogP contribution is 2.15. The molecule has 5 heteroatoms. The molecule has 0 fully saturated rings. The minimum Gasteiger partial charge on any atom is -0.464 e. The van der Waals surface area contributed by atoms with Crippen LogP contribution in [0.25, 0.3) is 10.9 Å². The number of anilines is 1. The fourth-order valence-corrected chi connectivity index (χ4v) is 1.77. The van der Waals surface area contributed by atoms with Crippen molar-refractivity contribution in [3.05, 3.63) is 40.2 Å². The van der Waals surface area contributed by atoms with Crippen molar-refractivity contribution in [2.75, 3.05) is 12.8 Å². The summed E-state index contributed by atoms with van der Waals surface area (Å²) < 4.78 is 6.23. The Labute approximate surface area is 97.4 Å². The summed E-state index contributed by atoms with van der Waals surface area (Å²) in [7, 11) is 2.98. The molecule has 1 heterocycles. The van der Waals surface area contributed by atoms with Crippen LogP contribution in [0.15, 0.2) is 29.1 Å². The number of esters is 1. The Morgan fingerprint density at radius 1 is 1.35 bits per heavy atom.